The van der Waals surface area contributed by atoms with E-state index in [1.807, 2.05) is 0 Å². The second-order valence-electron chi connectivity index (χ2n) is 8.76. The van der Waals surface area contributed by atoms with E-state index >= 15 is 0 Å². The van der Waals surface area contributed by atoms with Crippen LogP contribution in [0.15, 0.2) is 11.1 Å². The van der Waals surface area contributed by atoms with Crippen LogP contribution in [0.1, 0.15) is 25.5 Å². The fourth-order valence-electron chi connectivity index (χ4n) is 3.71. The Morgan fingerprint density at radius 2 is 2.05 bits per heavy atom. The molecule has 0 bridgehead atoms. The summed E-state index contributed by atoms with van der Waals surface area (Å²) in [7, 11) is 0. The number of hydrogen-bond acceptors (Lipinski definition) is 13. The third-order valence-corrected chi connectivity index (χ3v) is 6.74. The highest BCUT2D eigenvalue weighted by molar-refractivity contribution is 7.99. The van der Waals surface area contributed by atoms with Crippen LogP contribution >= 0.6 is 11.8 Å². The minimum absolute atomic E-state index is 0.0179. The molecule has 3 rings (SSSR count). The van der Waals surface area contributed by atoms with Crippen LogP contribution in [-0.4, -0.2) is 113 Å². The Bertz CT molecular complexity index is 1290. The molecule has 2 aromatic heterocycles. The number of ether oxygens (including phenoxy) is 1. The lowest BCUT2D eigenvalue weighted by Crippen LogP contribution is -2.49. The molecule has 2 unspecified atom stereocenters. The average Bonchev–Trinajstić information content (AvgIpc) is 3.50. The number of amides is 2. The van der Waals surface area contributed by atoms with Gasteiger partial charge < -0.3 is 46.8 Å². The van der Waals surface area contributed by atoms with Crippen molar-refractivity contribution in [2.24, 2.45) is 5.73 Å². The Balaban J connectivity index is 1.61. The Kier molecular flexibility index (Phi) is 10.8. The number of hydrogen-bond donors (Lipinski definition) is 9. The summed E-state index contributed by atoms with van der Waals surface area (Å²) in [5.74, 6) is -3.83. The molecule has 18 nitrogen and oxygen atoms in total. The number of nitrogens with zero attached hydrogens (tertiary/aromatic N) is 3. The van der Waals surface area contributed by atoms with E-state index in [0.717, 1.165) is 11.8 Å². The molecule has 2 amide bonds. The molecule has 1 fully saturated rings. The van der Waals surface area contributed by atoms with Gasteiger partial charge in [0.2, 0.25) is 17.8 Å². The first kappa shape index (κ1) is 30.8. The second-order valence-corrected chi connectivity index (χ2v) is 9.79. The van der Waals surface area contributed by atoms with Crippen molar-refractivity contribution < 1.29 is 44.3 Å². The zero-order valence-corrected chi connectivity index (χ0v) is 21.8. The molecule has 220 valence electrons. The number of carbonyl (C=O) groups is 4. The quantitative estimate of drug-likeness (QED) is 0.0731. The molecule has 10 N–H and O–H groups in total. The molecule has 1 saturated heterocycles. The van der Waals surface area contributed by atoms with Gasteiger partial charge in [0.25, 0.3) is 5.56 Å². The van der Waals surface area contributed by atoms with E-state index in [1.54, 1.807) is 0 Å². The van der Waals surface area contributed by atoms with Crippen LogP contribution in [-0.2, 0) is 23.9 Å². The minimum Gasteiger partial charge on any atom is -0.480 e. The maximum Gasteiger partial charge on any atom is 0.322 e. The standard InChI is InChI=1S/C21H30N8O10S/c22-9(20(37)38)1-2-13(32)26-10(18(35)23-4-15(33)34)6-40-8-25-21-27-17-16(19(36)28-21)24-7-29(17)14-3-11(31)12(5-30)39-14/h7,9-12,14,30-31H,1-6,8,22H2,(H,23,35)(H,26,32)(H,33,34)(H,37,38)(H2,25,27,28,36)/t9?,10?,11-,12+,14+/m0/s1. The maximum atomic E-state index is 12.5. The summed E-state index contributed by atoms with van der Waals surface area (Å²) in [6.45, 7) is -1.05. The molecule has 1 aliphatic heterocycles. The monoisotopic (exact) mass is 586 g/mol. The number of carbonyl (C=O) groups excluding carboxylic acids is 2. The Morgan fingerprint density at radius 3 is 2.70 bits per heavy atom. The van der Waals surface area contributed by atoms with E-state index in [4.69, 9.17) is 20.7 Å². The van der Waals surface area contributed by atoms with Gasteiger partial charge in [-0.15, -0.1) is 11.8 Å². The largest absolute Gasteiger partial charge is 0.480 e. The van der Waals surface area contributed by atoms with Crippen LogP contribution in [0.2, 0.25) is 0 Å². The molecule has 5 atom stereocenters. The van der Waals surface area contributed by atoms with E-state index in [9.17, 15) is 34.2 Å². The lowest BCUT2D eigenvalue weighted by Gasteiger charge is -2.18. The number of nitrogens with one attached hydrogen (secondary N) is 4. The Hall–Kier alpha value is -3.78. The second kappa shape index (κ2) is 14.0. The van der Waals surface area contributed by atoms with Crippen molar-refractivity contribution in [3.05, 3.63) is 16.7 Å². The molecule has 0 spiro atoms. The summed E-state index contributed by atoms with van der Waals surface area (Å²) in [6.07, 6.45) is -1.32. The van der Waals surface area contributed by atoms with Crippen LogP contribution in [0.4, 0.5) is 5.95 Å². The number of aliphatic carboxylic acids is 2. The molecule has 0 aliphatic carbocycles. The first-order valence-corrected chi connectivity index (χ1v) is 13.2. The van der Waals surface area contributed by atoms with E-state index in [1.165, 1.54) is 10.9 Å². The van der Waals surface area contributed by atoms with E-state index in [0.29, 0.717) is 0 Å². The summed E-state index contributed by atoms with van der Waals surface area (Å²) in [4.78, 5) is 69.7. The first-order valence-electron chi connectivity index (χ1n) is 12.0. The molecule has 3 heterocycles. The number of carboxylic acid groups (broad SMARTS) is 2. The van der Waals surface area contributed by atoms with Crippen LogP contribution in [0.3, 0.4) is 0 Å². The zero-order valence-electron chi connectivity index (χ0n) is 21.0. The SMILES string of the molecule is NC(CCC(=O)NC(CSCNc1nc2c(ncn2[C@H]2C[C@H](O)[C@@H](CO)O2)c(=O)[nH]1)C(=O)NCC(=O)O)C(=O)O. The number of aliphatic hydroxyl groups excluding tert-OH is 2. The molecular formula is C21H30N8O10S. The maximum absolute atomic E-state index is 12.5. The van der Waals surface area contributed by atoms with Gasteiger partial charge in [0.15, 0.2) is 11.2 Å². The number of carboxylic acids is 2. The van der Waals surface area contributed by atoms with Crippen molar-refractivity contribution in [1.29, 1.82) is 0 Å². The molecule has 40 heavy (non-hydrogen) atoms. The number of nitrogens with two attached hydrogens (primary N) is 1. The van der Waals surface area contributed by atoms with E-state index < -0.39 is 66.4 Å². The average molecular weight is 587 g/mol. The minimum atomic E-state index is -1.28. The number of thioether (sulfide) groups is 1. The van der Waals surface area contributed by atoms with Gasteiger partial charge in [0, 0.05) is 18.6 Å². The van der Waals surface area contributed by atoms with Gasteiger partial charge in [0.1, 0.15) is 31.0 Å². The Labute approximate surface area is 229 Å². The molecule has 0 saturated carbocycles. The predicted octanol–water partition coefficient (Wildman–Crippen LogP) is -3.26. The van der Waals surface area contributed by atoms with Crippen molar-refractivity contribution in [2.45, 2.75) is 49.8 Å². The van der Waals surface area contributed by atoms with Gasteiger partial charge in [-0.3, -0.25) is 33.5 Å². The van der Waals surface area contributed by atoms with Crippen molar-refractivity contribution >= 4 is 52.6 Å². The van der Waals surface area contributed by atoms with Crippen LogP contribution in [0.25, 0.3) is 11.2 Å². The third-order valence-electron chi connectivity index (χ3n) is 5.82. The van der Waals surface area contributed by atoms with Crippen LogP contribution in [0, 0.1) is 0 Å². The highest BCUT2D eigenvalue weighted by Gasteiger charge is 2.35. The number of anilines is 1. The number of fused-ring (bicyclic) bond motifs is 1. The highest BCUT2D eigenvalue weighted by atomic mass is 32.2. The fourth-order valence-corrected chi connectivity index (χ4v) is 4.54. The fraction of sp³-hybridized carbons (Fsp3) is 0.571. The summed E-state index contributed by atoms with van der Waals surface area (Å²) in [5, 5.41) is 44.5. The number of imidazole rings is 1. The van der Waals surface area contributed by atoms with Gasteiger partial charge in [-0.25, -0.2) is 4.98 Å². The molecule has 2 aromatic rings. The molecule has 1 aliphatic rings. The molecular weight excluding hydrogens is 556 g/mol. The van der Waals surface area contributed by atoms with Gasteiger partial charge in [-0.1, -0.05) is 0 Å². The summed E-state index contributed by atoms with van der Waals surface area (Å²) < 4.78 is 7.08. The topological polar surface area (TPSA) is 284 Å². The number of aromatic amines is 1. The van der Waals surface area contributed by atoms with Gasteiger partial charge in [-0.05, 0) is 6.42 Å². The lowest BCUT2D eigenvalue weighted by atomic mass is 10.1. The number of H-pyrrole nitrogens is 1. The normalized spacial score (nSPS) is 20.1. The summed E-state index contributed by atoms with van der Waals surface area (Å²) in [6, 6.07) is -2.41. The molecule has 19 heteroatoms. The van der Waals surface area contributed by atoms with Crippen molar-refractivity contribution in [3.63, 3.8) is 0 Å². The number of rotatable bonds is 15. The zero-order chi connectivity index (χ0) is 29.4. The number of aromatic nitrogens is 4. The van der Waals surface area contributed by atoms with E-state index in [-0.39, 0.29) is 54.6 Å². The van der Waals surface area contributed by atoms with Gasteiger partial charge in [0.05, 0.1) is 24.9 Å². The third kappa shape index (κ3) is 8.11. The summed E-state index contributed by atoms with van der Waals surface area (Å²) >= 11 is 1.11. The smallest absolute Gasteiger partial charge is 0.322 e. The van der Waals surface area contributed by atoms with Gasteiger partial charge >= 0.3 is 11.9 Å². The molecule has 0 aromatic carbocycles. The van der Waals surface area contributed by atoms with Crippen LogP contribution < -0.4 is 27.2 Å². The van der Waals surface area contributed by atoms with Crippen molar-refractivity contribution in [3.8, 4) is 0 Å². The Morgan fingerprint density at radius 1 is 1.30 bits per heavy atom. The summed E-state index contributed by atoms with van der Waals surface area (Å²) in [5.41, 5.74) is 5.04. The van der Waals surface area contributed by atoms with Crippen molar-refractivity contribution in [1.82, 2.24) is 30.2 Å². The lowest BCUT2D eigenvalue weighted by molar-refractivity contribution is -0.139. The molecule has 0 radical (unpaired) electrons. The highest BCUT2D eigenvalue weighted by Crippen LogP contribution is 2.30. The van der Waals surface area contributed by atoms with E-state index in [2.05, 4.69) is 30.9 Å². The number of aliphatic hydroxyl groups is 2. The van der Waals surface area contributed by atoms with Crippen molar-refractivity contribution in [2.75, 3.05) is 30.1 Å². The van der Waals surface area contributed by atoms with Crippen LogP contribution in [0.5, 0.6) is 0 Å². The predicted molar refractivity (Wildman–Crippen MR) is 138 cm³/mol. The van der Waals surface area contributed by atoms with Gasteiger partial charge in [-0.2, -0.15) is 4.98 Å². The first-order chi connectivity index (χ1) is 19.0.